The molecule has 3 aliphatic heterocycles. The minimum absolute atomic E-state index is 0.00237. The molecule has 57 heavy (non-hydrogen) atoms. The summed E-state index contributed by atoms with van der Waals surface area (Å²) in [6.07, 6.45) is -9.76. The smallest absolute Gasteiger partial charge is 0.262 e. The summed E-state index contributed by atoms with van der Waals surface area (Å²) in [4.78, 5) is 52.7. The molecule has 7 rings (SSSR count). The number of fused-ring (bicyclic) bond motifs is 3. The van der Waals surface area contributed by atoms with Crippen molar-refractivity contribution in [2.24, 2.45) is 15.0 Å². The molecule has 8 atom stereocenters. The van der Waals surface area contributed by atoms with Gasteiger partial charge in [0.25, 0.3) is 5.84 Å². The zero-order valence-electron chi connectivity index (χ0n) is 30.1. The number of para-hydroxylation sites is 1. The van der Waals surface area contributed by atoms with Crippen molar-refractivity contribution >= 4 is 46.9 Å². The van der Waals surface area contributed by atoms with Gasteiger partial charge in [-0.3, -0.25) is 15.0 Å². The van der Waals surface area contributed by atoms with Crippen molar-refractivity contribution in [2.45, 2.75) is 62.0 Å². The summed E-state index contributed by atoms with van der Waals surface area (Å²) >= 11 is 0. The average molecular weight is 786 g/mol. The molecular formula is C39H39N5O13. The molecule has 1 aliphatic carbocycles. The number of guanidine groups is 1. The average Bonchev–Trinajstić information content (AvgIpc) is 3.64. The lowest BCUT2D eigenvalue weighted by Crippen LogP contribution is -3.09. The van der Waals surface area contributed by atoms with E-state index in [-0.39, 0.29) is 83.4 Å². The van der Waals surface area contributed by atoms with E-state index in [4.69, 9.17) is 19.6 Å². The molecule has 3 aromatic rings. The fraction of sp³-hybridized carbons (Fsp3) is 0.359. The lowest BCUT2D eigenvalue weighted by molar-refractivity contribution is -0.723. The fourth-order valence-electron chi connectivity index (χ4n) is 7.46. The van der Waals surface area contributed by atoms with Gasteiger partial charge in [-0.1, -0.05) is 42.5 Å². The first-order valence-electron chi connectivity index (χ1n) is 18.1. The number of ether oxygens (including phenoxy) is 3. The molecule has 0 bridgehead atoms. The highest BCUT2D eigenvalue weighted by Crippen LogP contribution is 2.49. The van der Waals surface area contributed by atoms with Crippen LogP contribution in [0.3, 0.4) is 0 Å². The molecule has 3 heterocycles. The summed E-state index contributed by atoms with van der Waals surface area (Å²) in [5.74, 6) is -3.83. The first-order valence-corrected chi connectivity index (χ1v) is 18.1. The highest BCUT2D eigenvalue weighted by molar-refractivity contribution is 6.66. The van der Waals surface area contributed by atoms with E-state index >= 15 is 0 Å². The van der Waals surface area contributed by atoms with Crippen molar-refractivity contribution in [3.8, 4) is 11.5 Å². The largest absolute Gasteiger partial charge is 0.857 e. The number of nitrogens with zero attached hydrogens (tertiary/aromatic N) is 3. The van der Waals surface area contributed by atoms with Gasteiger partial charge in [-0.2, -0.15) is 4.99 Å². The van der Waals surface area contributed by atoms with E-state index in [2.05, 4.69) is 15.0 Å². The molecule has 0 saturated carbocycles. The van der Waals surface area contributed by atoms with Crippen LogP contribution in [-0.4, -0.2) is 135 Å². The number of carbonyl (C=O) groups excluding carboxylic acids is 3. The minimum Gasteiger partial charge on any atom is -0.857 e. The number of benzene rings is 3. The number of nitrogens with one attached hydrogen (secondary N) is 2. The normalized spacial score (nSPS) is 25.0. The zero-order valence-corrected chi connectivity index (χ0v) is 30.1. The third kappa shape index (κ3) is 7.28. The highest BCUT2D eigenvalue weighted by Gasteiger charge is 2.47. The predicted molar refractivity (Wildman–Crippen MR) is 196 cm³/mol. The fourth-order valence-corrected chi connectivity index (χ4v) is 7.46. The van der Waals surface area contributed by atoms with Crippen molar-refractivity contribution in [3.05, 3.63) is 88.0 Å². The minimum atomic E-state index is -1.94. The standard InChI is InChI=1S/C39H39N5O13/c40-39-42-36-28(37(54)43-39)41-17-44(36)25-10-4-3-6-20(25)19(9-5-12-45)23-14-24-27(30(50)22-8-2-1-7-21(22)29(24)49)35(55-16-18(48)11-13-46)34(23)57-38-33(53)32(52)31(51)26(15-47)56-38/h1-4,6-8,10,13-14,18-19,26,31-33,38,45,47-48,51-53H,5,9,11-12,15-17H2,(H2,40,43,54)/t18-,19+,26+,31+,32-,33+,38+/m1/s1. The van der Waals surface area contributed by atoms with Crippen molar-refractivity contribution in [3.63, 3.8) is 0 Å². The summed E-state index contributed by atoms with van der Waals surface area (Å²) < 4.78 is 18.3. The Morgan fingerprint density at radius 2 is 1.67 bits per heavy atom. The van der Waals surface area contributed by atoms with E-state index in [0.29, 0.717) is 22.4 Å². The van der Waals surface area contributed by atoms with E-state index in [1.807, 2.05) is 0 Å². The first-order chi connectivity index (χ1) is 27.5. The van der Waals surface area contributed by atoms with Crippen LogP contribution in [0.25, 0.3) is 0 Å². The number of hydrogen-bond acceptors (Lipinski definition) is 15. The van der Waals surface area contributed by atoms with Gasteiger partial charge in [0, 0.05) is 52.7 Å². The summed E-state index contributed by atoms with van der Waals surface area (Å²) in [6, 6.07) is 14.5. The van der Waals surface area contributed by atoms with E-state index in [0.717, 1.165) is 0 Å². The summed E-state index contributed by atoms with van der Waals surface area (Å²) in [6.45, 7) is -1.66. The molecule has 0 aromatic heterocycles. The van der Waals surface area contributed by atoms with Crippen LogP contribution in [0.2, 0.25) is 0 Å². The number of ketones is 2. The lowest BCUT2D eigenvalue weighted by Gasteiger charge is -2.40. The molecule has 1 unspecified atom stereocenters. The van der Waals surface area contributed by atoms with Gasteiger partial charge < -0.3 is 54.8 Å². The number of aliphatic hydroxyl groups excluding tert-OH is 6. The Labute approximate surface area is 324 Å². The Bertz CT molecular complexity index is 2200. The van der Waals surface area contributed by atoms with Crippen LogP contribution in [0.4, 0.5) is 5.69 Å². The molecule has 298 valence electrons. The molecule has 8 N–H and O–H groups in total. The topological polar surface area (TPSA) is 289 Å². The number of aliphatic imine (C=N–C) groups is 3. The Morgan fingerprint density at radius 1 is 0.947 bits per heavy atom. The monoisotopic (exact) mass is 785 g/mol. The molecule has 18 nitrogen and oxygen atoms in total. The Kier molecular flexibility index (Phi) is 11.5. The van der Waals surface area contributed by atoms with Gasteiger partial charge in [0.15, 0.2) is 35.4 Å². The summed E-state index contributed by atoms with van der Waals surface area (Å²) in [5, 5.41) is 83.9. The van der Waals surface area contributed by atoms with Crippen LogP contribution in [-0.2, 0) is 9.53 Å². The van der Waals surface area contributed by atoms with Crippen LogP contribution in [0.5, 0.6) is 11.5 Å². The Hall–Kier alpha value is -5.57. The molecule has 0 radical (unpaired) electrons. The van der Waals surface area contributed by atoms with Gasteiger partial charge in [-0.25, -0.2) is 14.9 Å². The second kappa shape index (κ2) is 16.5. The van der Waals surface area contributed by atoms with Crippen LogP contribution >= 0.6 is 0 Å². The number of hydrogen-bond donors (Lipinski definition) is 8. The number of rotatable bonds is 14. The maximum absolute atomic E-state index is 14.4. The number of amidine groups is 1. The van der Waals surface area contributed by atoms with Crippen LogP contribution in [0.15, 0.2) is 69.6 Å². The van der Waals surface area contributed by atoms with E-state index in [1.165, 1.54) is 18.2 Å². The first kappa shape index (κ1) is 39.7. The van der Waals surface area contributed by atoms with Gasteiger partial charge in [0.2, 0.25) is 12.2 Å². The molecule has 4 aliphatic rings. The van der Waals surface area contributed by atoms with Crippen LogP contribution in [0, 0.1) is 5.41 Å². The maximum atomic E-state index is 14.4. The Balaban J connectivity index is 1.48. The maximum Gasteiger partial charge on any atom is 0.262 e. The molecule has 18 heteroatoms. The second-order valence-electron chi connectivity index (χ2n) is 13.8. The molecule has 0 spiro atoms. The van der Waals surface area contributed by atoms with Gasteiger partial charge in [-0.05, 0) is 25.0 Å². The van der Waals surface area contributed by atoms with Gasteiger partial charge >= 0.3 is 0 Å². The van der Waals surface area contributed by atoms with E-state index in [1.54, 1.807) is 36.4 Å². The number of quaternary nitrogens is 1. The van der Waals surface area contributed by atoms with Crippen molar-refractivity contribution in [1.82, 2.24) is 0 Å². The van der Waals surface area contributed by atoms with E-state index in [9.17, 15) is 50.1 Å². The number of aldehydes is 1. The summed E-state index contributed by atoms with van der Waals surface area (Å²) in [5.41, 5.74) is 0.937. The van der Waals surface area contributed by atoms with Crippen LogP contribution < -0.4 is 19.5 Å². The second-order valence-corrected chi connectivity index (χ2v) is 13.8. The van der Waals surface area contributed by atoms with E-state index < -0.39 is 79.4 Å². The Morgan fingerprint density at radius 3 is 2.39 bits per heavy atom. The van der Waals surface area contributed by atoms with Gasteiger partial charge in [0.1, 0.15) is 43.0 Å². The number of aliphatic hydroxyl groups is 6. The van der Waals surface area contributed by atoms with Crippen molar-refractivity contribution in [1.29, 1.82) is 5.41 Å². The highest BCUT2D eigenvalue weighted by atomic mass is 16.7. The molecule has 1 fully saturated rings. The number of carbonyl (C=O) groups is 3. The molecule has 3 aromatic carbocycles. The SMILES string of the molecule is N=C1N=C([O-])C2=NC[NH+](c3ccccc3[C@H](CCCO)c3cc4c(c(OC[C@H](O)CC=O)c3O[C@@H]3O[C@@H](CO)[C@H](O)[C@@H](O)[C@@H]3O)C(=O)c3ccccc3C4=O)C2=N1. The summed E-state index contributed by atoms with van der Waals surface area (Å²) in [7, 11) is 0. The third-order valence-electron chi connectivity index (χ3n) is 10.2. The zero-order chi connectivity index (χ0) is 40.5. The quantitative estimate of drug-likeness (QED) is 0.0638. The molecule has 0 amide bonds. The molecular weight excluding hydrogens is 746 g/mol. The van der Waals surface area contributed by atoms with Gasteiger partial charge in [0.05, 0.1) is 18.3 Å². The lowest BCUT2D eigenvalue weighted by atomic mass is 9.78. The van der Waals surface area contributed by atoms with Crippen LogP contribution in [0.1, 0.15) is 68.2 Å². The molecule has 1 saturated heterocycles. The predicted octanol–water partition coefficient (Wildman–Crippen LogP) is -2.09. The third-order valence-corrected chi connectivity index (χ3v) is 10.2. The van der Waals surface area contributed by atoms with Crippen molar-refractivity contribution < 1.29 is 69.2 Å². The van der Waals surface area contributed by atoms with Crippen molar-refractivity contribution in [2.75, 3.05) is 26.5 Å². The van der Waals surface area contributed by atoms with Gasteiger partial charge in [-0.15, -0.1) is 0 Å².